The van der Waals surface area contributed by atoms with E-state index in [2.05, 4.69) is 20.9 Å². The molecule has 0 saturated carbocycles. The van der Waals surface area contributed by atoms with Crippen molar-refractivity contribution in [2.24, 2.45) is 0 Å². The van der Waals surface area contributed by atoms with Crippen LogP contribution in [0.25, 0.3) is 0 Å². The Hall–Kier alpha value is -2.01. The van der Waals surface area contributed by atoms with Gasteiger partial charge in [-0.2, -0.15) is 0 Å². The Morgan fingerprint density at radius 1 is 1.18 bits per heavy atom. The van der Waals surface area contributed by atoms with Gasteiger partial charge in [0.05, 0.1) is 18.4 Å². The summed E-state index contributed by atoms with van der Waals surface area (Å²) in [4.78, 5) is 10.8. The highest BCUT2D eigenvalue weighted by Crippen LogP contribution is 2.43. The standard InChI is InChI=1S/C16H16ClN3O2/c17-14-9-18-10-15(19-14)20-6-2-4-12(20)11-3-1-5-13-16(11)22-8-7-21-13/h1,3,5,9-10,12H,2,4,6-8H2. The van der Waals surface area contributed by atoms with Crippen LogP contribution in [0.2, 0.25) is 5.15 Å². The maximum absolute atomic E-state index is 5.99. The van der Waals surface area contributed by atoms with Crippen LogP contribution < -0.4 is 14.4 Å². The molecule has 1 saturated heterocycles. The lowest BCUT2D eigenvalue weighted by molar-refractivity contribution is 0.169. The minimum Gasteiger partial charge on any atom is -0.486 e. The molecule has 22 heavy (non-hydrogen) atoms. The van der Waals surface area contributed by atoms with Crippen LogP contribution >= 0.6 is 11.6 Å². The molecule has 1 atom stereocenters. The molecule has 0 aliphatic carbocycles. The normalized spacial score (nSPS) is 20.2. The van der Waals surface area contributed by atoms with Crippen molar-refractivity contribution in [1.82, 2.24) is 9.97 Å². The molecule has 114 valence electrons. The van der Waals surface area contributed by atoms with Crippen molar-refractivity contribution in [3.63, 3.8) is 0 Å². The number of nitrogens with zero attached hydrogens (tertiary/aromatic N) is 3. The van der Waals surface area contributed by atoms with Crippen LogP contribution in [-0.2, 0) is 0 Å². The second-order valence-electron chi connectivity index (χ2n) is 5.42. The van der Waals surface area contributed by atoms with E-state index in [-0.39, 0.29) is 6.04 Å². The lowest BCUT2D eigenvalue weighted by Gasteiger charge is -2.29. The molecule has 2 aliphatic rings. The highest BCUT2D eigenvalue weighted by molar-refractivity contribution is 6.29. The van der Waals surface area contributed by atoms with Gasteiger partial charge < -0.3 is 14.4 Å². The molecule has 2 aromatic rings. The molecule has 1 unspecified atom stereocenters. The molecule has 3 heterocycles. The molecule has 2 aliphatic heterocycles. The number of benzene rings is 1. The van der Waals surface area contributed by atoms with Gasteiger partial charge in [-0.3, -0.25) is 4.98 Å². The quantitative estimate of drug-likeness (QED) is 0.851. The van der Waals surface area contributed by atoms with E-state index in [9.17, 15) is 0 Å². The van der Waals surface area contributed by atoms with E-state index >= 15 is 0 Å². The predicted molar refractivity (Wildman–Crippen MR) is 83.8 cm³/mol. The third-order valence-electron chi connectivity index (χ3n) is 4.10. The van der Waals surface area contributed by atoms with Crippen LogP contribution in [0.3, 0.4) is 0 Å². The molecule has 6 heteroatoms. The molecular weight excluding hydrogens is 302 g/mol. The largest absolute Gasteiger partial charge is 0.486 e. The van der Waals surface area contributed by atoms with Crippen LogP contribution in [0.4, 0.5) is 5.82 Å². The Morgan fingerprint density at radius 3 is 3.00 bits per heavy atom. The fourth-order valence-corrected chi connectivity index (χ4v) is 3.34. The average Bonchev–Trinajstić information content (AvgIpc) is 3.04. The topological polar surface area (TPSA) is 47.5 Å². The van der Waals surface area contributed by atoms with Crippen molar-refractivity contribution in [1.29, 1.82) is 0 Å². The van der Waals surface area contributed by atoms with E-state index in [1.807, 2.05) is 12.1 Å². The van der Waals surface area contributed by atoms with Gasteiger partial charge in [-0.05, 0) is 18.9 Å². The highest BCUT2D eigenvalue weighted by Gasteiger charge is 2.31. The number of hydrogen-bond acceptors (Lipinski definition) is 5. The van der Waals surface area contributed by atoms with Crippen LogP contribution in [0.15, 0.2) is 30.6 Å². The second kappa shape index (κ2) is 5.65. The maximum atomic E-state index is 5.99. The van der Waals surface area contributed by atoms with E-state index < -0.39 is 0 Å². The van der Waals surface area contributed by atoms with Gasteiger partial charge >= 0.3 is 0 Å². The first-order chi connectivity index (χ1) is 10.8. The first-order valence-corrected chi connectivity index (χ1v) is 7.83. The van der Waals surface area contributed by atoms with Crippen molar-refractivity contribution in [2.75, 3.05) is 24.7 Å². The third kappa shape index (κ3) is 2.35. The lowest BCUT2D eigenvalue weighted by atomic mass is 10.0. The number of anilines is 1. The van der Waals surface area contributed by atoms with Crippen LogP contribution in [0.5, 0.6) is 11.5 Å². The van der Waals surface area contributed by atoms with Gasteiger partial charge in [0.2, 0.25) is 0 Å². The van der Waals surface area contributed by atoms with Crippen LogP contribution in [0.1, 0.15) is 24.4 Å². The average molecular weight is 318 g/mol. The summed E-state index contributed by atoms with van der Waals surface area (Å²) in [5.41, 5.74) is 1.15. The van der Waals surface area contributed by atoms with Crippen LogP contribution in [0, 0.1) is 0 Å². The summed E-state index contributed by atoms with van der Waals surface area (Å²) >= 11 is 5.99. The third-order valence-corrected chi connectivity index (χ3v) is 4.28. The van der Waals surface area contributed by atoms with Crippen molar-refractivity contribution >= 4 is 17.4 Å². The molecule has 0 N–H and O–H groups in total. The number of aromatic nitrogens is 2. The highest BCUT2D eigenvalue weighted by atomic mass is 35.5. The number of hydrogen-bond donors (Lipinski definition) is 0. The number of para-hydroxylation sites is 1. The predicted octanol–water partition coefficient (Wildman–Crippen LogP) is 3.24. The molecule has 1 fully saturated rings. The summed E-state index contributed by atoms with van der Waals surface area (Å²) in [6.07, 6.45) is 5.46. The smallest absolute Gasteiger partial charge is 0.166 e. The number of rotatable bonds is 2. The van der Waals surface area contributed by atoms with Crippen molar-refractivity contribution in [3.8, 4) is 11.5 Å². The summed E-state index contributed by atoms with van der Waals surface area (Å²) in [7, 11) is 0. The van der Waals surface area contributed by atoms with Gasteiger partial charge in [0.1, 0.15) is 24.2 Å². The summed E-state index contributed by atoms with van der Waals surface area (Å²) in [6.45, 7) is 2.13. The van der Waals surface area contributed by atoms with E-state index in [0.717, 1.165) is 42.3 Å². The molecule has 4 rings (SSSR count). The molecule has 1 aromatic carbocycles. The summed E-state index contributed by atoms with van der Waals surface area (Å²) in [5, 5.41) is 0.415. The number of fused-ring (bicyclic) bond motifs is 1. The van der Waals surface area contributed by atoms with Gasteiger partial charge in [0.25, 0.3) is 0 Å². The Morgan fingerprint density at radius 2 is 2.09 bits per heavy atom. The summed E-state index contributed by atoms with van der Waals surface area (Å²) in [5.74, 6) is 2.50. The van der Waals surface area contributed by atoms with E-state index in [1.165, 1.54) is 0 Å². The van der Waals surface area contributed by atoms with Crippen molar-refractivity contribution in [3.05, 3.63) is 41.3 Å². The van der Waals surface area contributed by atoms with Gasteiger partial charge in [-0.15, -0.1) is 0 Å². The van der Waals surface area contributed by atoms with E-state index in [1.54, 1.807) is 12.4 Å². The van der Waals surface area contributed by atoms with Gasteiger partial charge in [0, 0.05) is 12.1 Å². The zero-order valence-corrected chi connectivity index (χ0v) is 12.8. The van der Waals surface area contributed by atoms with Crippen LogP contribution in [-0.4, -0.2) is 29.7 Å². The van der Waals surface area contributed by atoms with E-state index in [0.29, 0.717) is 18.4 Å². The zero-order valence-electron chi connectivity index (χ0n) is 12.0. The van der Waals surface area contributed by atoms with Gasteiger partial charge in [-0.1, -0.05) is 23.7 Å². The molecule has 0 amide bonds. The first-order valence-electron chi connectivity index (χ1n) is 7.45. The molecule has 5 nitrogen and oxygen atoms in total. The first kappa shape index (κ1) is 13.6. The van der Waals surface area contributed by atoms with Crippen molar-refractivity contribution in [2.45, 2.75) is 18.9 Å². The fourth-order valence-electron chi connectivity index (χ4n) is 3.19. The molecule has 1 aromatic heterocycles. The van der Waals surface area contributed by atoms with Gasteiger partial charge in [-0.25, -0.2) is 4.98 Å². The van der Waals surface area contributed by atoms with Gasteiger partial charge in [0.15, 0.2) is 11.5 Å². The zero-order chi connectivity index (χ0) is 14.9. The minimum absolute atomic E-state index is 0.212. The molecular formula is C16H16ClN3O2. The molecule has 0 bridgehead atoms. The second-order valence-corrected chi connectivity index (χ2v) is 5.81. The Kier molecular flexibility index (Phi) is 3.50. The van der Waals surface area contributed by atoms with E-state index in [4.69, 9.17) is 21.1 Å². The monoisotopic (exact) mass is 317 g/mol. The summed E-state index contributed by atoms with van der Waals surface area (Å²) < 4.78 is 11.6. The van der Waals surface area contributed by atoms with Crippen molar-refractivity contribution < 1.29 is 9.47 Å². The minimum atomic E-state index is 0.212. The Bertz CT molecular complexity index is 695. The number of ether oxygens (including phenoxy) is 2. The maximum Gasteiger partial charge on any atom is 0.166 e. The Balaban J connectivity index is 1.72. The molecule has 0 spiro atoms. The fraction of sp³-hybridized carbons (Fsp3) is 0.375. The molecule has 0 radical (unpaired) electrons. The lowest BCUT2D eigenvalue weighted by Crippen LogP contribution is -2.25. The number of halogens is 1. The Labute approximate surface area is 133 Å². The summed E-state index contributed by atoms with van der Waals surface area (Å²) in [6, 6.07) is 6.29. The SMILES string of the molecule is Clc1cncc(N2CCCC2c2cccc3c2OCCO3)n1.